The molecule has 3 aromatic rings. The second-order valence-electron chi connectivity index (χ2n) is 6.20. The highest BCUT2D eigenvalue weighted by Crippen LogP contribution is 2.44. The molecule has 0 bridgehead atoms. The van der Waals surface area contributed by atoms with Crippen LogP contribution in [0, 0.1) is 5.82 Å². The van der Waals surface area contributed by atoms with Gasteiger partial charge in [-0.05, 0) is 12.1 Å². The van der Waals surface area contributed by atoms with E-state index < -0.39 is 11.7 Å². The lowest BCUT2D eigenvalue weighted by Crippen LogP contribution is -2.22. The van der Waals surface area contributed by atoms with E-state index in [0.29, 0.717) is 11.4 Å². The Morgan fingerprint density at radius 2 is 1.78 bits per heavy atom. The number of methoxy groups -OCH3 is 2. The van der Waals surface area contributed by atoms with Crippen LogP contribution in [0.3, 0.4) is 0 Å². The SMILES string of the molecule is COc1cc(NCC(=O)Nc2cc(Nc3cccc(Cl)c3F)ncn2)c(Cl)c(OC)c1Cl. The number of benzene rings is 2. The van der Waals surface area contributed by atoms with Gasteiger partial charge in [0.2, 0.25) is 5.91 Å². The van der Waals surface area contributed by atoms with E-state index in [0.717, 1.165) is 0 Å². The van der Waals surface area contributed by atoms with Gasteiger partial charge >= 0.3 is 0 Å². The number of hydrogen-bond donors (Lipinski definition) is 3. The Bertz CT molecular complexity index is 1150. The smallest absolute Gasteiger partial charge is 0.244 e. The third-order valence-electron chi connectivity index (χ3n) is 4.14. The van der Waals surface area contributed by atoms with E-state index in [1.54, 1.807) is 12.1 Å². The first-order valence-electron chi connectivity index (χ1n) is 9.00. The molecule has 3 N–H and O–H groups in total. The fourth-order valence-corrected chi connectivity index (χ4v) is 3.46. The first-order valence-corrected chi connectivity index (χ1v) is 10.1. The van der Waals surface area contributed by atoms with Crippen LogP contribution >= 0.6 is 34.8 Å². The molecular weight excluding hydrogens is 484 g/mol. The third-order valence-corrected chi connectivity index (χ3v) is 5.16. The van der Waals surface area contributed by atoms with Crippen molar-refractivity contribution in [2.24, 2.45) is 0 Å². The molecule has 0 saturated heterocycles. The fraction of sp³-hybridized carbons (Fsp3) is 0.150. The zero-order valence-electron chi connectivity index (χ0n) is 16.8. The summed E-state index contributed by atoms with van der Waals surface area (Å²) in [5, 5.41) is 8.67. The Balaban J connectivity index is 1.67. The number of nitrogens with one attached hydrogen (secondary N) is 3. The molecule has 12 heteroatoms. The van der Waals surface area contributed by atoms with Crippen LogP contribution in [0.5, 0.6) is 11.5 Å². The number of ether oxygens (including phenoxy) is 2. The topological polar surface area (TPSA) is 97.4 Å². The van der Waals surface area contributed by atoms with E-state index in [2.05, 4.69) is 25.9 Å². The quantitative estimate of drug-likeness (QED) is 0.382. The van der Waals surface area contributed by atoms with Gasteiger partial charge in [-0.15, -0.1) is 0 Å². The lowest BCUT2D eigenvalue weighted by atomic mass is 10.2. The zero-order valence-corrected chi connectivity index (χ0v) is 19.1. The molecule has 0 aliphatic carbocycles. The van der Waals surface area contributed by atoms with Gasteiger partial charge in [-0.25, -0.2) is 14.4 Å². The number of halogens is 4. The Morgan fingerprint density at radius 3 is 2.50 bits per heavy atom. The van der Waals surface area contributed by atoms with E-state index in [1.807, 2.05) is 0 Å². The molecule has 0 unspecified atom stereocenters. The number of anilines is 4. The minimum absolute atomic E-state index is 0.0298. The van der Waals surface area contributed by atoms with E-state index in [-0.39, 0.29) is 44.7 Å². The van der Waals surface area contributed by atoms with Crippen LogP contribution in [-0.2, 0) is 4.79 Å². The van der Waals surface area contributed by atoms with Crippen molar-refractivity contribution in [2.75, 3.05) is 36.7 Å². The molecule has 0 aliphatic heterocycles. The molecule has 168 valence electrons. The largest absolute Gasteiger partial charge is 0.495 e. The van der Waals surface area contributed by atoms with Crippen molar-refractivity contribution in [2.45, 2.75) is 0 Å². The van der Waals surface area contributed by atoms with Gasteiger partial charge in [0.1, 0.15) is 33.8 Å². The molecule has 0 saturated carbocycles. The minimum atomic E-state index is -0.617. The van der Waals surface area contributed by atoms with Crippen molar-refractivity contribution in [3.63, 3.8) is 0 Å². The summed E-state index contributed by atoms with van der Waals surface area (Å²) in [6.45, 7) is -0.149. The van der Waals surface area contributed by atoms with Gasteiger partial charge in [-0.2, -0.15) is 0 Å². The summed E-state index contributed by atoms with van der Waals surface area (Å²) in [5.41, 5.74) is 0.525. The summed E-state index contributed by atoms with van der Waals surface area (Å²) in [7, 11) is 2.86. The van der Waals surface area contributed by atoms with E-state index in [9.17, 15) is 9.18 Å². The van der Waals surface area contributed by atoms with Gasteiger partial charge in [0.25, 0.3) is 0 Å². The maximum Gasteiger partial charge on any atom is 0.244 e. The number of rotatable bonds is 8. The maximum atomic E-state index is 14.1. The van der Waals surface area contributed by atoms with Gasteiger partial charge in [0.05, 0.1) is 37.2 Å². The third kappa shape index (κ3) is 5.42. The Labute approximate surface area is 198 Å². The second-order valence-corrected chi connectivity index (χ2v) is 7.37. The Hall–Kier alpha value is -3.01. The normalized spacial score (nSPS) is 10.4. The van der Waals surface area contributed by atoms with Crippen molar-refractivity contribution in [1.29, 1.82) is 0 Å². The van der Waals surface area contributed by atoms with Crippen molar-refractivity contribution >= 4 is 63.7 Å². The van der Waals surface area contributed by atoms with Gasteiger partial charge in [0, 0.05) is 12.1 Å². The van der Waals surface area contributed by atoms with Crippen LogP contribution in [0.25, 0.3) is 0 Å². The highest BCUT2D eigenvalue weighted by molar-refractivity contribution is 6.39. The number of nitrogens with zero attached hydrogens (tertiary/aromatic N) is 2. The molecule has 2 aromatic carbocycles. The minimum Gasteiger partial charge on any atom is -0.495 e. The molecule has 0 radical (unpaired) electrons. The molecule has 1 amide bonds. The molecule has 0 spiro atoms. The van der Waals surface area contributed by atoms with Crippen molar-refractivity contribution in [3.8, 4) is 11.5 Å². The average molecular weight is 501 g/mol. The van der Waals surface area contributed by atoms with Gasteiger partial charge in [-0.1, -0.05) is 40.9 Å². The number of carbonyl (C=O) groups is 1. The second kappa shape index (κ2) is 10.5. The standard InChI is InChI=1S/C20H17Cl3FN5O3/c1-31-13-6-12(17(22)20(32-2)18(13)23)25-8-16(30)29-15-7-14(26-9-27-15)28-11-5-3-4-10(21)19(11)24/h3-7,9,25H,8H2,1-2H3,(H2,26,27,28,29,30). The molecule has 0 aliphatic rings. The van der Waals surface area contributed by atoms with Gasteiger partial charge in [-0.3, -0.25) is 4.79 Å². The van der Waals surface area contributed by atoms with Crippen LogP contribution in [0.15, 0.2) is 36.7 Å². The Morgan fingerprint density at radius 1 is 1.03 bits per heavy atom. The Kier molecular flexibility index (Phi) is 7.79. The van der Waals surface area contributed by atoms with E-state index in [1.165, 1.54) is 38.7 Å². The van der Waals surface area contributed by atoms with Crippen molar-refractivity contribution in [1.82, 2.24) is 9.97 Å². The van der Waals surface area contributed by atoms with E-state index >= 15 is 0 Å². The number of carbonyl (C=O) groups excluding carboxylic acids is 1. The van der Waals surface area contributed by atoms with Crippen LogP contribution in [0.4, 0.5) is 27.4 Å². The van der Waals surface area contributed by atoms with Crippen LogP contribution < -0.4 is 25.4 Å². The summed E-state index contributed by atoms with van der Waals surface area (Å²) in [5.74, 6) is -0.0273. The van der Waals surface area contributed by atoms with Gasteiger partial charge < -0.3 is 25.4 Å². The molecule has 0 fully saturated rings. The number of hydrogen-bond acceptors (Lipinski definition) is 7. The number of amides is 1. The van der Waals surface area contributed by atoms with Gasteiger partial charge in [0.15, 0.2) is 11.6 Å². The molecule has 0 atom stereocenters. The molecule has 3 rings (SSSR count). The van der Waals surface area contributed by atoms with E-state index in [4.69, 9.17) is 44.3 Å². The summed E-state index contributed by atoms with van der Waals surface area (Å²) in [6, 6.07) is 7.52. The first-order chi connectivity index (χ1) is 15.3. The maximum absolute atomic E-state index is 14.1. The summed E-state index contributed by atoms with van der Waals surface area (Å²) in [6.07, 6.45) is 1.22. The fourth-order valence-electron chi connectivity index (χ4n) is 2.64. The highest BCUT2D eigenvalue weighted by atomic mass is 35.5. The monoisotopic (exact) mass is 499 g/mol. The molecule has 8 nitrogen and oxygen atoms in total. The van der Waals surface area contributed by atoms with Crippen LogP contribution in [-0.4, -0.2) is 36.6 Å². The summed E-state index contributed by atoms with van der Waals surface area (Å²) < 4.78 is 24.5. The zero-order chi connectivity index (χ0) is 23.3. The predicted molar refractivity (Wildman–Crippen MR) is 123 cm³/mol. The van der Waals surface area contributed by atoms with Crippen LogP contribution in [0.1, 0.15) is 0 Å². The lowest BCUT2D eigenvalue weighted by Gasteiger charge is -2.15. The summed E-state index contributed by atoms with van der Waals surface area (Å²) >= 11 is 18.2. The average Bonchev–Trinajstić information content (AvgIpc) is 2.77. The summed E-state index contributed by atoms with van der Waals surface area (Å²) in [4.78, 5) is 20.4. The molecule has 32 heavy (non-hydrogen) atoms. The van der Waals surface area contributed by atoms with Crippen molar-refractivity contribution < 1.29 is 18.7 Å². The highest BCUT2D eigenvalue weighted by Gasteiger charge is 2.18. The first kappa shape index (κ1) is 23.6. The lowest BCUT2D eigenvalue weighted by molar-refractivity contribution is -0.114. The molecule has 1 heterocycles. The number of aromatic nitrogens is 2. The molecular formula is C20H17Cl3FN5O3. The van der Waals surface area contributed by atoms with Crippen molar-refractivity contribution in [3.05, 3.63) is 57.5 Å². The van der Waals surface area contributed by atoms with Crippen LogP contribution in [0.2, 0.25) is 15.1 Å². The molecule has 1 aromatic heterocycles. The predicted octanol–water partition coefficient (Wildman–Crippen LogP) is 5.39.